The fraction of sp³-hybridized carbons (Fsp3) is 0.500. The topological polar surface area (TPSA) is 71.3 Å². The van der Waals surface area contributed by atoms with Crippen molar-refractivity contribution in [3.8, 4) is 0 Å². The monoisotopic (exact) mass is 274 g/mol. The van der Waals surface area contributed by atoms with Gasteiger partial charge >= 0.3 is 0 Å². The molecular weight excluding hydrogens is 260 g/mol. The molecule has 1 fully saturated rings. The van der Waals surface area contributed by atoms with Gasteiger partial charge in [-0.05, 0) is 30.8 Å². The van der Waals surface area contributed by atoms with Crippen LogP contribution in [0.1, 0.15) is 12.2 Å². The standard InChI is InChI=1S/C10H14N2O3S2/c13-17(14)5-3-8(7-17)12-10(16)11-6-9-2-1-4-15-9/h1-2,4,8H,3,5-7H2,(H2,11,12,16). The summed E-state index contributed by atoms with van der Waals surface area (Å²) in [7, 11) is -2.87. The molecule has 0 aromatic carbocycles. The Balaban J connectivity index is 1.75. The summed E-state index contributed by atoms with van der Waals surface area (Å²) in [6.07, 6.45) is 2.21. The van der Waals surface area contributed by atoms with Crippen LogP contribution in [0.25, 0.3) is 0 Å². The second-order valence-corrected chi connectivity index (χ2v) is 6.64. The first-order valence-corrected chi connectivity index (χ1v) is 7.55. The van der Waals surface area contributed by atoms with Crippen LogP contribution in [0, 0.1) is 0 Å². The van der Waals surface area contributed by atoms with Crippen molar-refractivity contribution >= 4 is 27.2 Å². The van der Waals surface area contributed by atoms with Gasteiger partial charge in [0.25, 0.3) is 0 Å². The number of furan rings is 1. The largest absolute Gasteiger partial charge is 0.467 e. The van der Waals surface area contributed by atoms with E-state index in [9.17, 15) is 8.42 Å². The zero-order valence-corrected chi connectivity index (χ0v) is 10.8. The lowest BCUT2D eigenvalue weighted by atomic mass is 10.3. The van der Waals surface area contributed by atoms with Crippen LogP contribution in [0.4, 0.5) is 0 Å². The molecule has 0 saturated carbocycles. The Morgan fingerprint density at radius 1 is 1.59 bits per heavy atom. The van der Waals surface area contributed by atoms with Crippen LogP contribution in [0.15, 0.2) is 22.8 Å². The zero-order valence-electron chi connectivity index (χ0n) is 9.18. The molecule has 1 aromatic rings. The van der Waals surface area contributed by atoms with Crippen molar-refractivity contribution in [2.45, 2.75) is 19.0 Å². The average Bonchev–Trinajstić information content (AvgIpc) is 2.85. The molecule has 0 radical (unpaired) electrons. The summed E-state index contributed by atoms with van der Waals surface area (Å²) in [5.41, 5.74) is 0. The summed E-state index contributed by atoms with van der Waals surface area (Å²) < 4.78 is 27.6. The highest BCUT2D eigenvalue weighted by atomic mass is 32.2. The van der Waals surface area contributed by atoms with Gasteiger partial charge in [0.2, 0.25) is 0 Å². The molecule has 5 nitrogen and oxygen atoms in total. The lowest BCUT2D eigenvalue weighted by molar-refractivity contribution is 0.501. The maximum atomic E-state index is 11.2. The fourth-order valence-electron chi connectivity index (χ4n) is 1.73. The van der Waals surface area contributed by atoms with Crippen LogP contribution < -0.4 is 10.6 Å². The summed E-state index contributed by atoms with van der Waals surface area (Å²) >= 11 is 5.08. The van der Waals surface area contributed by atoms with E-state index in [0.717, 1.165) is 5.76 Å². The second-order valence-electron chi connectivity index (χ2n) is 4.01. The van der Waals surface area contributed by atoms with Gasteiger partial charge in [0.15, 0.2) is 14.9 Å². The number of hydrogen-bond acceptors (Lipinski definition) is 4. The molecule has 17 heavy (non-hydrogen) atoms. The van der Waals surface area contributed by atoms with Gasteiger partial charge in [0.05, 0.1) is 24.3 Å². The third kappa shape index (κ3) is 3.71. The molecule has 0 bridgehead atoms. The van der Waals surface area contributed by atoms with Crippen molar-refractivity contribution in [3.63, 3.8) is 0 Å². The van der Waals surface area contributed by atoms with Crippen molar-refractivity contribution < 1.29 is 12.8 Å². The SMILES string of the molecule is O=S1(=O)CCC(NC(=S)NCc2ccco2)C1. The third-order valence-electron chi connectivity index (χ3n) is 2.57. The van der Waals surface area contributed by atoms with Gasteiger partial charge in [0.1, 0.15) is 5.76 Å². The molecule has 1 aromatic heterocycles. The van der Waals surface area contributed by atoms with Crippen molar-refractivity contribution in [2.75, 3.05) is 11.5 Å². The Morgan fingerprint density at radius 3 is 3.00 bits per heavy atom. The predicted molar refractivity (Wildman–Crippen MR) is 68.3 cm³/mol. The van der Waals surface area contributed by atoms with E-state index in [1.807, 2.05) is 6.07 Å². The summed E-state index contributed by atoms with van der Waals surface area (Å²) in [6, 6.07) is 3.57. The Morgan fingerprint density at radius 2 is 2.41 bits per heavy atom. The Hall–Kier alpha value is -1.08. The molecule has 2 rings (SSSR count). The zero-order chi connectivity index (χ0) is 12.3. The predicted octanol–water partition coefficient (Wildman–Crippen LogP) is 0.431. The molecule has 2 heterocycles. The summed E-state index contributed by atoms with van der Waals surface area (Å²) in [5, 5.41) is 6.43. The Bertz CT molecular complexity index is 482. The third-order valence-corrected chi connectivity index (χ3v) is 4.60. The maximum Gasteiger partial charge on any atom is 0.166 e. The Kier molecular flexibility index (Phi) is 3.68. The summed E-state index contributed by atoms with van der Waals surface area (Å²) in [4.78, 5) is 0. The van der Waals surface area contributed by atoms with E-state index in [1.165, 1.54) is 0 Å². The fourth-order valence-corrected chi connectivity index (χ4v) is 3.64. The number of sulfone groups is 1. The van der Waals surface area contributed by atoms with Crippen LogP contribution in [-0.2, 0) is 16.4 Å². The van der Waals surface area contributed by atoms with Gasteiger partial charge in [-0.15, -0.1) is 0 Å². The molecule has 1 atom stereocenters. The molecule has 7 heteroatoms. The quantitative estimate of drug-likeness (QED) is 0.779. The lowest BCUT2D eigenvalue weighted by Crippen LogP contribution is -2.42. The highest BCUT2D eigenvalue weighted by Crippen LogP contribution is 2.11. The minimum atomic E-state index is -2.87. The van der Waals surface area contributed by atoms with E-state index in [2.05, 4.69) is 10.6 Å². The van der Waals surface area contributed by atoms with Crippen LogP contribution in [0.5, 0.6) is 0 Å². The summed E-state index contributed by atoms with van der Waals surface area (Å²) in [5.74, 6) is 1.19. The number of thiocarbonyl (C=S) groups is 1. The van der Waals surface area contributed by atoms with E-state index in [1.54, 1.807) is 12.3 Å². The average molecular weight is 274 g/mol. The molecule has 2 N–H and O–H groups in total. The molecular formula is C10H14N2O3S2. The van der Waals surface area contributed by atoms with Crippen molar-refractivity contribution in [3.05, 3.63) is 24.2 Å². The van der Waals surface area contributed by atoms with E-state index in [0.29, 0.717) is 18.1 Å². The molecule has 1 unspecified atom stereocenters. The smallest absolute Gasteiger partial charge is 0.166 e. The van der Waals surface area contributed by atoms with E-state index < -0.39 is 9.84 Å². The highest BCUT2D eigenvalue weighted by molar-refractivity contribution is 7.91. The van der Waals surface area contributed by atoms with Crippen molar-refractivity contribution in [1.82, 2.24) is 10.6 Å². The van der Waals surface area contributed by atoms with Crippen LogP contribution in [-0.4, -0.2) is 31.1 Å². The first kappa shape index (κ1) is 12.4. The van der Waals surface area contributed by atoms with Gasteiger partial charge in [-0.3, -0.25) is 0 Å². The molecule has 0 spiro atoms. The number of nitrogens with one attached hydrogen (secondary N) is 2. The van der Waals surface area contributed by atoms with Gasteiger partial charge < -0.3 is 15.1 Å². The first-order valence-electron chi connectivity index (χ1n) is 5.32. The normalized spacial score (nSPS) is 22.2. The van der Waals surface area contributed by atoms with Crippen molar-refractivity contribution in [1.29, 1.82) is 0 Å². The molecule has 1 aliphatic heterocycles. The Labute approximate surface area is 105 Å². The van der Waals surface area contributed by atoms with Gasteiger partial charge in [-0.2, -0.15) is 0 Å². The van der Waals surface area contributed by atoms with Crippen LogP contribution in [0.3, 0.4) is 0 Å². The summed E-state index contributed by atoms with van der Waals surface area (Å²) in [6.45, 7) is 0.498. The minimum Gasteiger partial charge on any atom is -0.467 e. The van der Waals surface area contributed by atoms with Crippen LogP contribution >= 0.6 is 12.2 Å². The maximum absolute atomic E-state index is 11.2. The second kappa shape index (κ2) is 5.05. The first-order chi connectivity index (χ1) is 8.05. The van der Waals surface area contributed by atoms with Gasteiger partial charge in [-0.1, -0.05) is 0 Å². The molecule has 94 valence electrons. The molecule has 0 aliphatic carbocycles. The molecule has 0 amide bonds. The molecule has 1 aliphatic rings. The molecule has 1 saturated heterocycles. The highest BCUT2D eigenvalue weighted by Gasteiger charge is 2.28. The van der Waals surface area contributed by atoms with E-state index in [4.69, 9.17) is 16.6 Å². The lowest BCUT2D eigenvalue weighted by Gasteiger charge is -2.14. The van der Waals surface area contributed by atoms with E-state index >= 15 is 0 Å². The minimum absolute atomic E-state index is 0.0726. The van der Waals surface area contributed by atoms with Gasteiger partial charge in [0, 0.05) is 6.04 Å². The number of rotatable bonds is 3. The van der Waals surface area contributed by atoms with E-state index in [-0.39, 0.29) is 17.5 Å². The van der Waals surface area contributed by atoms with Crippen LogP contribution in [0.2, 0.25) is 0 Å². The number of hydrogen-bond donors (Lipinski definition) is 2. The van der Waals surface area contributed by atoms with Crippen molar-refractivity contribution in [2.24, 2.45) is 0 Å². The van der Waals surface area contributed by atoms with Gasteiger partial charge in [-0.25, -0.2) is 8.42 Å².